The van der Waals surface area contributed by atoms with Crippen molar-refractivity contribution < 1.29 is 13.9 Å². The number of halogens is 6. The average Bonchev–Trinajstić information content (AvgIpc) is 2.53. The zero-order valence-corrected chi connectivity index (χ0v) is 14.9. The second-order valence-corrected chi connectivity index (χ2v) is 6.11. The molecule has 0 heterocycles. The highest BCUT2D eigenvalue weighted by Crippen LogP contribution is 2.48. The Bertz CT molecular complexity index is 740. The zero-order chi connectivity index (χ0) is 17.1. The maximum atomic E-state index is 13.4. The summed E-state index contributed by atoms with van der Waals surface area (Å²) in [5.74, 6) is -1.28. The van der Waals surface area contributed by atoms with Crippen LogP contribution < -0.4 is 10.1 Å². The van der Waals surface area contributed by atoms with Crippen LogP contribution in [0.15, 0.2) is 24.3 Å². The lowest BCUT2D eigenvalue weighted by Gasteiger charge is -2.13. The van der Waals surface area contributed by atoms with Crippen LogP contribution >= 0.6 is 58.0 Å². The molecular weight excluding hydrogens is 410 g/mol. The molecule has 3 nitrogen and oxygen atoms in total. The Morgan fingerprint density at radius 1 is 0.957 bits per heavy atom. The van der Waals surface area contributed by atoms with Crippen molar-refractivity contribution in [3.05, 3.63) is 55.2 Å². The number of carbonyl (C=O) groups is 1. The van der Waals surface area contributed by atoms with Crippen molar-refractivity contribution >= 4 is 69.6 Å². The molecule has 0 aliphatic rings. The molecule has 0 atom stereocenters. The topological polar surface area (TPSA) is 38.3 Å². The van der Waals surface area contributed by atoms with Gasteiger partial charge in [-0.05, 0) is 12.1 Å². The molecule has 0 saturated carbocycles. The second kappa shape index (κ2) is 7.77. The SMILES string of the molecule is O=C(COc1c(Cl)c(Cl)c(Cl)c(Cl)c1Cl)Nc1ccccc1F. The standard InChI is InChI=1S/C14H7Cl5FNO2/c15-9-10(16)12(18)14(13(19)11(9)17)23-5-8(22)21-7-4-2-1-3-6(7)20/h1-4H,5H2,(H,21,22). The summed E-state index contributed by atoms with van der Waals surface area (Å²) >= 11 is 29.6. The van der Waals surface area contributed by atoms with Gasteiger partial charge in [-0.2, -0.15) is 0 Å². The highest BCUT2D eigenvalue weighted by molar-refractivity contribution is 6.55. The van der Waals surface area contributed by atoms with Gasteiger partial charge in [0.05, 0.1) is 20.8 Å². The molecule has 0 fully saturated rings. The van der Waals surface area contributed by atoms with Gasteiger partial charge < -0.3 is 10.1 Å². The first kappa shape index (κ1) is 18.4. The molecule has 0 aromatic heterocycles. The molecule has 1 amide bonds. The molecule has 0 radical (unpaired) electrons. The van der Waals surface area contributed by atoms with Crippen LogP contribution in [0.1, 0.15) is 0 Å². The number of benzene rings is 2. The molecule has 23 heavy (non-hydrogen) atoms. The predicted molar refractivity (Wildman–Crippen MR) is 92.0 cm³/mol. The molecule has 1 N–H and O–H groups in total. The Kier molecular flexibility index (Phi) is 6.23. The van der Waals surface area contributed by atoms with Gasteiger partial charge in [-0.3, -0.25) is 4.79 Å². The van der Waals surface area contributed by atoms with Gasteiger partial charge >= 0.3 is 0 Å². The average molecular weight is 417 g/mol. The smallest absolute Gasteiger partial charge is 0.262 e. The third-order valence-corrected chi connectivity index (χ3v) is 4.91. The van der Waals surface area contributed by atoms with Gasteiger partial charge in [-0.1, -0.05) is 70.1 Å². The molecule has 2 aromatic rings. The molecule has 0 spiro atoms. The van der Waals surface area contributed by atoms with E-state index in [1.807, 2.05) is 0 Å². The molecular formula is C14H7Cl5FNO2. The van der Waals surface area contributed by atoms with Gasteiger partial charge in [-0.15, -0.1) is 0 Å². The Morgan fingerprint density at radius 2 is 1.48 bits per heavy atom. The Hall–Kier alpha value is -0.910. The number of carbonyl (C=O) groups excluding carboxylic acids is 1. The zero-order valence-electron chi connectivity index (χ0n) is 11.1. The van der Waals surface area contributed by atoms with E-state index in [0.29, 0.717) is 0 Å². The first-order chi connectivity index (χ1) is 10.8. The largest absolute Gasteiger partial charge is 0.481 e. The van der Waals surface area contributed by atoms with E-state index in [-0.39, 0.29) is 36.6 Å². The van der Waals surface area contributed by atoms with Gasteiger partial charge in [-0.25, -0.2) is 4.39 Å². The van der Waals surface area contributed by atoms with E-state index in [4.69, 9.17) is 62.7 Å². The first-order valence-corrected chi connectivity index (χ1v) is 7.90. The summed E-state index contributed by atoms with van der Waals surface area (Å²) < 4.78 is 18.7. The molecule has 0 bridgehead atoms. The van der Waals surface area contributed by atoms with Crippen molar-refractivity contribution in [2.45, 2.75) is 0 Å². The molecule has 122 valence electrons. The lowest BCUT2D eigenvalue weighted by molar-refractivity contribution is -0.118. The van der Waals surface area contributed by atoms with Crippen molar-refractivity contribution in [3.8, 4) is 5.75 Å². The fourth-order valence-electron chi connectivity index (χ4n) is 1.60. The van der Waals surface area contributed by atoms with E-state index in [9.17, 15) is 9.18 Å². The van der Waals surface area contributed by atoms with Crippen molar-refractivity contribution in [1.29, 1.82) is 0 Å². The Morgan fingerprint density at radius 3 is 2.04 bits per heavy atom. The van der Waals surface area contributed by atoms with Crippen molar-refractivity contribution in [2.24, 2.45) is 0 Å². The third kappa shape index (κ3) is 4.14. The van der Waals surface area contributed by atoms with Crippen LogP contribution in [0.5, 0.6) is 5.75 Å². The third-order valence-electron chi connectivity index (χ3n) is 2.67. The van der Waals surface area contributed by atoms with Crippen LogP contribution in [0.2, 0.25) is 25.1 Å². The monoisotopic (exact) mass is 415 g/mol. The van der Waals surface area contributed by atoms with Crippen molar-refractivity contribution in [3.63, 3.8) is 0 Å². The predicted octanol–water partition coefficient (Wildman–Crippen LogP) is 6.11. The molecule has 0 unspecified atom stereocenters. The van der Waals surface area contributed by atoms with Gasteiger partial charge in [0.1, 0.15) is 15.9 Å². The summed E-state index contributed by atoms with van der Waals surface area (Å²) in [6.07, 6.45) is 0. The van der Waals surface area contributed by atoms with E-state index in [2.05, 4.69) is 5.32 Å². The number of amides is 1. The van der Waals surface area contributed by atoms with Crippen molar-refractivity contribution in [2.75, 3.05) is 11.9 Å². The molecule has 0 saturated heterocycles. The fraction of sp³-hybridized carbons (Fsp3) is 0.0714. The molecule has 2 rings (SSSR count). The van der Waals surface area contributed by atoms with E-state index < -0.39 is 18.3 Å². The number of hydrogen-bond acceptors (Lipinski definition) is 2. The lowest BCUT2D eigenvalue weighted by Crippen LogP contribution is -2.21. The summed E-state index contributed by atoms with van der Waals surface area (Å²) in [6.45, 7) is -0.484. The van der Waals surface area contributed by atoms with E-state index >= 15 is 0 Å². The minimum absolute atomic E-state index is 0.0189. The Balaban J connectivity index is 2.13. The number of rotatable bonds is 4. The summed E-state index contributed by atoms with van der Waals surface area (Å²) in [6, 6.07) is 5.69. The van der Waals surface area contributed by atoms with Crippen LogP contribution in [0.25, 0.3) is 0 Å². The summed E-state index contributed by atoms with van der Waals surface area (Å²) in [4.78, 5) is 11.8. The number of hydrogen-bond donors (Lipinski definition) is 1. The van der Waals surface area contributed by atoms with Crippen LogP contribution in [0, 0.1) is 5.82 Å². The van der Waals surface area contributed by atoms with E-state index in [0.717, 1.165) is 0 Å². The highest BCUT2D eigenvalue weighted by Gasteiger charge is 2.21. The molecule has 2 aromatic carbocycles. The lowest BCUT2D eigenvalue weighted by atomic mass is 10.3. The number of nitrogens with one attached hydrogen (secondary N) is 1. The fourth-order valence-corrected chi connectivity index (χ4v) is 2.83. The maximum Gasteiger partial charge on any atom is 0.262 e. The summed E-state index contributed by atoms with van der Waals surface area (Å²) in [7, 11) is 0. The quantitative estimate of drug-likeness (QED) is 0.481. The van der Waals surface area contributed by atoms with E-state index in [1.165, 1.54) is 18.2 Å². The second-order valence-electron chi connectivity index (χ2n) is 4.22. The first-order valence-electron chi connectivity index (χ1n) is 6.01. The van der Waals surface area contributed by atoms with Gasteiger partial charge in [0.2, 0.25) is 0 Å². The molecule has 0 aliphatic heterocycles. The van der Waals surface area contributed by atoms with Crippen LogP contribution in [0.4, 0.5) is 10.1 Å². The van der Waals surface area contributed by atoms with Crippen molar-refractivity contribution in [1.82, 2.24) is 0 Å². The number of ether oxygens (including phenoxy) is 1. The normalized spacial score (nSPS) is 10.5. The summed E-state index contributed by atoms with van der Waals surface area (Å²) in [5.41, 5.74) is 0.0189. The van der Waals surface area contributed by atoms with Crippen LogP contribution in [0.3, 0.4) is 0 Å². The minimum atomic E-state index is -0.621. The molecule has 9 heteroatoms. The van der Waals surface area contributed by atoms with Gasteiger partial charge in [0, 0.05) is 0 Å². The minimum Gasteiger partial charge on any atom is -0.481 e. The van der Waals surface area contributed by atoms with Gasteiger partial charge in [0.25, 0.3) is 5.91 Å². The maximum absolute atomic E-state index is 13.4. The van der Waals surface area contributed by atoms with Crippen LogP contribution in [-0.4, -0.2) is 12.5 Å². The van der Waals surface area contributed by atoms with Crippen LogP contribution in [-0.2, 0) is 4.79 Å². The molecule has 0 aliphatic carbocycles. The highest BCUT2D eigenvalue weighted by atomic mass is 35.5. The number of para-hydroxylation sites is 1. The van der Waals surface area contributed by atoms with Gasteiger partial charge in [0.15, 0.2) is 12.4 Å². The van der Waals surface area contributed by atoms with E-state index in [1.54, 1.807) is 6.07 Å². The summed E-state index contributed by atoms with van der Waals surface area (Å²) in [5, 5.41) is 2.07. The number of anilines is 1. The Labute approximate surface area is 156 Å².